The molecule has 11 heavy (non-hydrogen) atoms. The number of nitrogens with zero attached hydrogens (tertiary/aromatic N) is 2. The molecule has 1 amide bonds. The van der Waals surface area contributed by atoms with Gasteiger partial charge < -0.3 is 5.11 Å². The van der Waals surface area contributed by atoms with E-state index in [0.717, 1.165) is 6.34 Å². The monoisotopic (exact) mass is 152 g/mol. The Morgan fingerprint density at radius 2 is 2.27 bits per heavy atom. The van der Waals surface area contributed by atoms with Gasteiger partial charge in [0, 0.05) is 0 Å². The lowest BCUT2D eigenvalue weighted by molar-refractivity contribution is -0.129. The van der Waals surface area contributed by atoms with E-state index in [1.807, 2.05) is 0 Å². The van der Waals surface area contributed by atoms with E-state index < -0.39 is 11.9 Å². The van der Waals surface area contributed by atoms with Crippen molar-refractivity contribution >= 4 is 23.9 Å². The Balaban J connectivity index is 3.06. The van der Waals surface area contributed by atoms with Crippen LogP contribution < -0.4 is 0 Å². The average molecular weight is 152 g/mol. The van der Waals surface area contributed by atoms with E-state index in [1.54, 1.807) is 0 Å². The first-order valence-electron chi connectivity index (χ1n) is 2.70. The highest BCUT2D eigenvalue weighted by Crippen LogP contribution is 2.02. The summed E-state index contributed by atoms with van der Waals surface area (Å²) >= 11 is 0. The highest BCUT2D eigenvalue weighted by Gasteiger charge is 2.21. The molecule has 0 atom stereocenters. The maximum atomic E-state index is 10.7. The van der Waals surface area contributed by atoms with Crippen molar-refractivity contribution in [3.05, 3.63) is 12.2 Å². The zero-order valence-electron chi connectivity index (χ0n) is 5.44. The number of hydrogen-bond acceptors (Lipinski definition) is 3. The molecule has 1 aliphatic rings. The second-order valence-electron chi connectivity index (χ2n) is 1.81. The number of amides is 1. The first-order chi connectivity index (χ1) is 5.13. The number of carbonyl (C=O) groups excluding carboxylic acids is 1. The Morgan fingerprint density at radius 1 is 1.64 bits per heavy atom. The number of carboxylic acid groups (broad SMARTS) is 1. The molecule has 0 aromatic rings. The van der Waals surface area contributed by atoms with Crippen LogP contribution in [0.15, 0.2) is 22.1 Å². The van der Waals surface area contributed by atoms with E-state index in [9.17, 15) is 9.59 Å². The van der Waals surface area contributed by atoms with Gasteiger partial charge in [0.25, 0.3) is 5.91 Å². The van der Waals surface area contributed by atoms with Crippen molar-refractivity contribution in [2.75, 3.05) is 0 Å². The van der Waals surface area contributed by atoms with Crippen LogP contribution >= 0.6 is 0 Å². The predicted octanol–water partition coefficient (Wildman–Crippen LogP) is -0.363. The van der Waals surface area contributed by atoms with E-state index in [-0.39, 0.29) is 11.3 Å². The van der Waals surface area contributed by atoms with Gasteiger partial charge in [-0.1, -0.05) is 6.58 Å². The van der Waals surface area contributed by atoms with Crippen molar-refractivity contribution in [2.45, 2.75) is 0 Å². The van der Waals surface area contributed by atoms with Gasteiger partial charge in [-0.15, -0.1) is 0 Å². The largest absolute Gasteiger partial charge is 0.476 e. The van der Waals surface area contributed by atoms with E-state index in [2.05, 4.69) is 16.6 Å². The van der Waals surface area contributed by atoms with E-state index in [1.165, 1.54) is 0 Å². The predicted molar refractivity (Wildman–Crippen MR) is 37.7 cm³/mol. The van der Waals surface area contributed by atoms with Crippen LogP contribution in [0, 0.1) is 0 Å². The van der Waals surface area contributed by atoms with Crippen molar-refractivity contribution in [3.8, 4) is 0 Å². The summed E-state index contributed by atoms with van der Waals surface area (Å²) in [5.74, 6) is -1.92. The molecule has 0 radical (unpaired) electrons. The Kier molecular flexibility index (Phi) is 1.63. The maximum Gasteiger partial charge on any atom is 0.355 e. The molecule has 5 nitrogen and oxygen atoms in total. The summed E-state index contributed by atoms with van der Waals surface area (Å²) in [4.78, 5) is 27.6. The third kappa shape index (κ3) is 1.21. The van der Waals surface area contributed by atoms with Crippen molar-refractivity contribution in [1.29, 1.82) is 0 Å². The van der Waals surface area contributed by atoms with Crippen molar-refractivity contribution < 1.29 is 14.7 Å². The molecule has 56 valence electrons. The van der Waals surface area contributed by atoms with E-state index in [0.29, 0.717) is 0 Å². The highest BCUT2D eigenvalue weighted by molar-refractivity contribution is 6.50. The molecule has 1 rings (SSSR count). The molecule has 0 aromatic carbocycles. The van der Waals surface area contributed by atoms with Crippen LogP contribution in [0.2, 0.25) is 0 Å². The zero-order valence-corrected chi connectivity index (χ0v) is 5.44. The van der Waals surface area contributed by atoms with Gasteiger partial charge in [0.1, 0.15) is 6.34 Å². The summed E-state index contributed by atoms with van der Waals surface area (Å²) < 4.78 is 0. The van der Waals surface area contributed by atoms with E-state index >= 15 is 0 Å². The van der Waals surface area contributed by atoms with Gasteiger partial charge >= 0.3 is 5.97 Å². The van der Waals surface area contributed by atoms with Gasteiger partial charge in [-0.05, 0) is 0 Å². The van der Waals surface area contributed by atoms with Crippen LogP contribution in [0.4, 0.5) is 0 Å². The van der Waals surface area contributed by atoms with Crippen LogP contribution in [-0.4, -0.2) is 29.0 Å². The standard InChI is InChI=1S/C6H4N2O3/c1-3-4(6(10)11)7-2-8-5(3)9/h2H,1H2,(H,10,11). The first-order valence-corrected chi connectivity index (χ1v) is 2.70. The number of hydrogen-bond donors (Lipinski definition) is 1. The summed E-state index contributed by atoms with van der Waals surface area (Å²) in [6, 6.07) is 0. The Bertz CT molecular complexity index is 301. The Morgan fingerprint density at radius 3 is 2.73 bits per heavy atom. The lowest BCUT2D eigenvalue weighted by Gasteiger charge is -2.02. The molecule has 0 unspecified atom stereocenters. The van der Waals surface area contributed by atoms with Crippen molar-refractivity contribution in [1.82, 2.24) is 0 Å². The normalized spacial score (nSPS) is 16.5. The lowest BCUT2D eigenvalue weighted by Crippen LogP contribution is -2.22. The second kappa shape index (κ2) is 2.45. The van der Waals surface area contributed by atoms with Crippen molar-refractivity contribution in [2.24, 2.45) is 9.98 Å². The number of carboxylic acids is 1. The number of rotatable bonds is 1. The first kappa shape index (κ1) is 7.33. The molecule has 0 saturated heterocycles. The van der Waals surface area contributed by atoms with Crippen LogP contribution in [0.1, 0.15) is 0 Å². The number of aliphatic carboxylic acids is 1. The molecule has 0 spiro atoms. The fourth-order valence-electron chi connectivity index (χ4n) is 0.580. The topological polar surface area (TPSA) is 79.1 Å². The molecular formula is C6H4N2O3. The minimum Gasteiger partial charge on any atom is -0.476 e. The molecule has 0 aliphatic carbocycles. The third-order valence-electron chi connectivity index (χ3n) is 1.11. The minimum absolute atomic E-state index is 0.181. The zero-order chi connectivity index (χ0) is 8.43. The summed E-state index contributed by atoms with van der Waals surface area (Å²) in [6.45, 7) is 3.22. The average Bonchev–Trinajstić information content (AvgIpc) is 1.94. The SMILES string of the molecule is C=C1C(=O)N=CN=C1C(=O)O. The molecule has 0 fully saturated rings. The van der Waals surface area contributed by atoms with Gasteiger partial charge in [0.05, 0.1) is 5.57 Å². The molecule has 5 heteroatoms. The summed E-state index contributed by atoms with van der Waals surface area (Å²) in [5, 5.41) is 8.42. The Labute approximate surface area is 61.8 Å². The summed E-state index contributed by atoms with van der Waals surface area (Å²) in [5.41, 5.74) is -0.523. The molecule has 0 bridgehead atoms. The molecule has 0 aromatic heterocycles. The van der Waals surface area contributed by atoms with E-state index in [4.69, 9.17) is 5.11 Å². The molecule has 1 heterocycles. The van der Waals surface area contributed by atoms with Gasteiger partial charge in [-0.2, -0.15) is 4.99 Å². The maximum absolute atomic E-state index is 10.7. The van der Waals surface area contributed by atoms with Gasteiger partial charge in [-0.25, -0.2) is 9.79 Å². The molecular weight excluding hydrogens is 148 g/mol. The minimum atomic E-state index is -1.27. The van der Waals surface area contributed by atoms with Crippen LogP contribution in [0.25, 0.3) is 0 Å². The third-order valence-corrected chi connectivity index (χ3v) is 1.11. The highest BCUT2D eigenvalue weighted by atomic mass is 16.4. The molecule has 1 aliphatic heterocycles. The smallest absolute Gasteiger partial charge is 0.355 e. The summed E-state index contributed by atoms with van der Waals surface area (Å²) in [7, 11) is 0. The fourth-order valence-corrected chi connectivity index (χ4v) is 0.580. The number of aliphatic imine (C=N–C) groups is 2. The van der Waals surface area contributed by atoms with Crippen LogP contribution in [-0.2, 0) is 9.59 Å². The number of carbonyl (C=O) groups is 2. The quantitative estimate of drug-likeness (QED) is 0.521. The van der Waals surface area contributed by atoms with Gasteiger partial charge in [0.2, 0.25) is 0 Å². The molecule has 1 N–H and O–H groups in total. The van der Waals surface area contributed by atoms with Crippen LogP contribution in [0.5, 0.6) is 0 Å². The Hall–Kier alpha value is -1.78. The molecule has 0 saturated carbocycles. The lowest BCUT2D eigenvalue weighted by atomic mass is 10.1. The van der Waals surface area contributed by atoms with Gasteiger partial charge in [-0.3, -0.25) is 4.79 Å². The van der Waals surface area contributed by atoms with Crippen LogP contribution in [0.3, 0.4) is 0 Å². The van der Waals surface area contributed by atoms with Gasteiger partial charge in [0.15, 0.2) is 5.71 Å². The fraction of sp³-hybridized carbons (Fsp3) is 0. The summed E-state index contributed by atoms with van der Waals surface area (Å²) in [6.07, 6.45) is 0.903. The second-order valence-corrected chi connectivity index (χ2v) is 1.81. The van der Waals surface area contributed by atoms with Crippen molar-refractivity contribution in [3.63, 3.8) is 0 Å².